The zero-order valence-corrected chi connectivity index (χ0v) is 12.8. The molecule has 128 valence electrons. The molecule has 0 saturated heterocycles. The molecule has 0 unspecified atom stereocenters. The number of nitroso groups, excluding NO2 is 2. The summed E-state index contributed by atoms with van der Waals surface area (Å²) in [5.41, 5.74) is 0. The molecule has 0 aliphatic heterocycles. The zero-order valence-electron chi connectivity index (χ0n) is 12.8. The summed E-state index contributed by atoms with van der Waals surface area (Å²) < 4.78 is 15.3. The van der Waals surface area contributed by atoms with Crippen LogP contribution in [-0.4, -0.2) is 25.0 Å². The van der Waals surface area contributed by atoms with Crippen LogP contribution in [0.2, 0.25) is 0 Å². The lowest BCUT2D eigenvalue weighted by molar-refractivity contribution is -0.133. The number of rotatable bonds is 8. The summed E-state index contributed by atoms with van der Waals surface area (Å²) in [4.78, 5) is 42.2. The van der Waals surface area contributed by atoms with Crippen molar-refractivity contribution >= 4 is 11.9 Å². The van der Waals surface area contributed by atoms with Gasteiger partial charge >= 0.3 is 11.9 Å². The minimum atomic E-state index is -0.751. The van der Waals surface area contributed by atoms with E-state index in [0.29, 0.717) is 11.5 Å². The molecule has 0 aliphatic rings. The van der Waals surface area contributed by atoms with E-state index in [9.17, 15) is 19.4 Å². The second-order valence-electron chi connectivity index (χ2n) is 4.57. The van der Waals surface area contributed by atoms with Crippen molar-refractivity contribution in [3.63, 3.8) is 0 Å². The Morgan fingerprint density at radius 2 is 0.960 bits per heavy atom. The first-order valence-electron chi connectivity index (χ1n) is 6.98. The van der Waals surface area contributed by atoms with Crippen molar-refractivity contribution < 1.29 is 23.8 Å². The fourth-order valence-electron chi connectivity index (χ4n) is 1.72. The van der Waals surface area contributed by atoms with E-state index in [2.05, 4.69) is 10.4 Å². The summed E-state index contributed by atoms with van der Waals surface area (Å²) in [5, 5.41) is 4.88. The Hall–Kier alpha value is -3.62. The van der Waals surface area contributed by atoms with E-state index in [1.165, 1.54) is 24.3 Å². The highest BCUT2D eigenvalue weighted by Crippen LogP contribution is 2.25. The molecule has 0 heterocycles. The van der Waals surface area contributed by atoms with E-state index in [4.69, 9.17) is 14.2 Å². The quantitative estimate of drug-likeness (QED) is 0.410. The molecule has 2 rings (SSSR count). The maximum atomic E-state index is 11.1. The molecule has 9 heteroatoms. The Kier molecular flexibility index (Phi) is 6.29. The molecule has 0 amide bonds. The van der Waals surface area contributed by atoms with Gasteiger partial charge in [0.15, 0.2) is 13.1 Å². The number of esters is 2. The van der Waals surface area contributed by atoms with E-state index >= 15 is 0 Å². The van der Waals surface area contributed by atoms with E-state index < -0.39 is 25.0 Å². The molecule has 0 radical (unpaired) electrons. The summed E-state index contributed by atoms with van der Waals surface area (Å²) >= 11 is 0. The first kappa shape index (κ1) is 17.7. The molecule has 0 N–H and O–H groups in total. The lowest BCUT2D eigenvalue weighted by atomic mass is 10.3. The SMILES string of the molecule is O=NCC(=O)Oc1ccc(Oc2ccc(OC(=O)CN=O)cc2)cc1. The van der Waals surface area contributed by atoms with Crippen molar-refractivity contribution in [1.29, 1.82) is 0 Å². The monoisotopic (exact) mass is 344 g/mol. The standard InChI is InChI=1S/C16H12N2O7/c19-15(9-17-21)24-13-5-1-11(2-6-13)23-12-3-7-14(8-4-12)25-16(20)10-18-22/h1-8H,9-10H2. The van der Waals surface area contributed by atoms with E-state index in [-0.39, 0.29) is 11.5 Å². The van der Waals surface area contributed by atoms with E-state index in [1.54, 1.807) is 24.3 Å². The van der Waals surface area contributed by atoms with Gasteiger partial charge in [-0.1, -0.05) is 10.4 Å². The topological polar surface area (TPSA) is 121 Å². The van der Waals surface area contributed by atoms with Crippen LogP contribution in [0, 0.1) is 9.81 Å². The van der Waals surface area contributed by atoms with Gasteiger partial charge in [0.2, 0.25) is 0 Å². The Balaban J connectivity index is 1.93. The minimum Gasteiger partial charge on any atom is -0.457 e. The summed E-state index contributed by atoms with van der Waals surface area (Å²) in [6.07, 6.45) is 0. The van der Waals surface area contributed by atoms with Crippen molar-refractivity contribution in [2.24, 2.45) is 10.4 Å². The van der Waals surface area contributed by atoms with Gasteiger partial charge in [-0.25, -0.2) is 9.59 Å². The Morgan fingerprint density at radius 1 is 0.640 bits per heavy atom. The Morgan fingerprint density at radius 3 is 1.28 bits per heavy atom. The van der Waals surface area contributed by atoms with Crippen LogP contribution in [-0.2, 0) is 9.59 Å². The maximum absolute atomic E-state index is 11.1. The van der Waals surface area contributed by atoms with E-state index in [0.717, 1.165) is 0 Å². The molecule has 0 saturated carbocycles. The minimum absolute atomic E-state index is 0.257. The predicted molar refractivity (Wildman–Crippen MR) is 85.6 cm³/mol. The van der Waals surface area contributed by atoms with Crippen molar-refractivity contribution in [1.82, 2.24) is 0 Å². The van der Waals surface area contributed by atoms with Gasteiger partial charge in [0, 0.05) is 0 Å². The lowest BCUT2D eigenvalue weighted by Gasteiger charge is -2.08. The average Bonchev–Trinajstić information content (AvgIpc) is 2.59. The lowest BCUT2D eigenvalue weighted by Crippen LogP contribution is -2.10. The van der Waals surface area contributed by atoms with Crippen LogP contribution >= 0.6 is 0 Å². The van der Waals surface area contributed by atoms with Gasteiger partial charge in [-0.15, -0.1) is 0 Å². The van der Waals surface area contributed by atoms with Gasteiger partial charge in [-0.05, 0) is 48.5 Å². The highest BCUT2D eigenvalue weighted by Gasteiger charge is 2.06. The summed E-state index contributed by atoms with van der Waals surface area (Å²) in [7, 11) is 0. The summed E-state index contributed by atoms with van der Waals surface area (Å²) in [5.74, 6) is -0.0392. The van der Waals surface area contributed by atoms with Gasteiger partial charge in [-0.3, -0.25) is 0 Å². The smallest absolute Gasteiger partial charge is 0.336 e. The normalized spacial score (nSPS) is 9.76. The fraction of sp³-hybridized carbons (Fsp3) is 0.125. The maximum Gasteiger partial charge on any atom is 0.336 e. The number of carbonyl (C=O) groups is 2. The van der Waals surface area contributed by atoms with Crippen LogP contribution in [0.4, 0.5) is 0 Å². The molecule has 0 bridgehead atoms. The molecule has 0 atom stereocenters. The van der Waals surface area contributed by atoms with Crippen LogP contribution in [0.5, 0.6) is 23.0 Å². The van der Waals surface area contributed by atoms with Crippen LogP contribution in [0.15, 0.2) is 58.9 Å². The van der Waals surface area contributed by atoms with Crippen LogP contribution < -0.4 is 14.2 Å². The van der Waals surface area contributed by atoms with Gasteiger partial charge in [0.05, 0.1) is 0 Å². The summed E-state index contributed by atoms with van der Waals surface area (Å²) in [6.45, 7) is -1.11. The first-order chi connectivity index (χ1) is 12.1. The molecule has 9 nitrogen and oxygen atoms in total. The third kappa shape index (κ3) is 5.82. The fourth-order valence-corrected chi connectivity index (χ4v) is 1.72. The molecule has 2 aromatic rings. The zero-order chi connectivity index (χ0) is 18.1. The number of benzene rings is 2. The molecule has 0 spiro atoms. The third-order valence-electron chi connectivity index (χ3n) is 2.73. The van der Waals surface area contributed by atoms with Gasteiger partial charge in [0.25, 0.3) is 0 Å². The van der Waals surface area contributed by atoms with Gasteiger partial charge in [0.1, 0.15) is 23.0 Å². The Labute approximate surface area is 141 Å². The predicted octanol–water partition coefficient (Wildman–Crippen LogP) is 2.82. The molecule has 2 aromatic carbocycles. The number of nitrogens with zero attached hydrogens (tertiary/aromatic N) is 2. The molecular formula is C16H12N2O7. The largest absolute Gasteiger partial charge is 0.457 e. The highest BCUT2D eigenvalue weighted by atomic mass is 16.5. The average molecular weight is 344 g/mol. The number of carbonyl (C=O) groups excluding carboxylic acids is 2. The number of ether oxygens (including phenoxy) is 3. The number of hydrogen-bond donors (Lipinski definition) is 0. The van der Waals surface area contributed by atoms with E-state index in [1.807, 2.05) is 0 Å². The third-order valence-corrected chi connectivity index (χ3v) is 2.73. The van der Waals surface area contributed by atoms with Crippen molar-refractivity contribution in [2.75, 3.05) is 13.1 Å². The van der Waals surface area contributed by atoms with Crippen molar-refractivity contribution in [3.8, 4) is 23.0 Å². The number of hydrogen-bond acceptors (Lipinski definition) is 9. The molecule has 0 aliphatic carbocycles. The second kappa shape index (κ2) is 8.87. The molecule has 0 aromatic heterocycles. The van der Waals surface area contributed by atoms with Crippen molar-refractivity contribution in [3.05, 3.63) is 58.3 Å². The second-order valence-corrected chi connectivity index (χ2v) is 4.57. The van der Waals surface area contributed by atoms with Gasteiger partial charge in [-0.2, -0.15) is 9.81 Å². The Bertz CT molecular complexity index is 692. The first-order valence-corrected chi connectivity index (χ1v) is 6.98. The molecule has 25 heavy (non-hydrogen) atoms. The van der Waals surface area contributed by atoms with Crippen molar-refractivity contribution in [2.45, 2.75) is 0 Å². The highest BCUT2D eigenvalue weighted by molar-refractivity contribution is 5.75. The van der Waals surface area contributed by atoms with Crippen LogP contribution in [0.1, 0.15) is 0 Å². The molecule has 0 fully saturated rings. The van der Waals surface area contributed by atoms with Crippen LogP contribution in [0.3, 0.4) is 0 Å². The summed E-state index contributed by atoms with van der Waals surface area (Å²) in [6, 6.07) is 12.3. The van der Waals surface area contributed by atoms with Crippen LogP contribution in [0.25, 0.3) is 0 Å². The molecular weight excluding hydrogens is 332 g/mol. The van der Waals surface area contributed by atoms with Gasteiger partial charge < -0.3 is 14.2 Å².